The Bertz CT molecular complexity index is 1490. The topological polar surface area (TPSA) is 109 Å². The van der Waals surface area contributed by atoms with E-state index < -0.39 is 22.0 Å². The minimum absolute atomic E-state index is 0.00459. The number of nitrogens with zero attached hydrogens (tertiary/aromatic N) is 1. The molecule has 0 bridgehead atoms. The smallest absolute Gasteiger partial charge is 0.242 e. The molecule has 0 aliphatic carbocycles. The van der Waals surface area contributed by atoms with E-state index in [1.807, 2.05) is 36.4 Å². The van der Waals surface area contributed by atoms with E-state index >= 15 is 0 Å². The first-order valence-electron chi connectivity index (χ1n) is 10.9. The first-order valence-corrected chi connectivity index (χ1v) is 12.4. The minimum Gasteiger partial charge on any atom is -0.341 e. The van der Waals surface area contributed by atoms with E-state index in [1.165, 1.54) is 38.1 Å². The van der Waals surface area contributed by atoms with Crippen LogP contribution in [0, 0.1) is 0 Å². The van der Waals surface area contributed by atoms with Gasteiger partial charge in [0.2, 0.25) is 21.8 Å². The number of hydrogen-bond donors (Lipinski definition) is 3. The van der Waals surface area contributed by atoms with Crippen molar-refractivity contribution < 1.29 is 18.0 Å². The van der Waals surface area contributed by atoms with Crippen LogP contribution >= 0.6 is 0 Å². The molecule has 4 aromatic rings. The number of anilines is 2. The molecule has 34 heavy (non-hydrogen) atoms. The Morgan fingerprint density at radius 3 is 2.21 bits per heavy atom. The lowest BCUT2D eigenvalue weighted by Crippen LogP contribution is -2.41. The zero-order valence-corrected chi connectivity index (χ0v) is 19.9. The Kier molecular flexibility index (Phi) is 6.41. The van der Waals surface area contributed by atoms with E-state index in [0.717, 1.165) is 28.4 Å². The molecule has 1 aromatic heterocycles. The van der Waals surface area contributed by atoms with Crippen molar-refractivity contribution >= 4 is 55.0 Å². The van der Waals surface area contributed by atoms with Gasteiger partial charge in [0.1, 0.15) is 0 Å². The number of para-hydroxylation sites is 1. The fourth-order valence-electron chi connectivity index (χ4n) is 4.00. The van der Waals surface area contributed by atoms with Gasteiger partial charge in [-0.3, -0.25) is 9.59 Å². The highest BCUT2D eigenvalue weighted by atomic mass is 32.2. The molecule has 0 spiro atoms. The monoisotopic (exact) mass is 478 g/mol. The van der Waals surface area contributed by atoms with Gasteiger partial charge in [-0.25, -0.2) is 8.42 Å². The molecular formula is C25H26N4O4S. The molecular weight excluding hydrogens is 452 g/mol. The maximum Gasteiger partial charge on any atom is 0.242 e. The summed E-state index contributed by atoms with van der Waals surface area (Å²) in [6.45, 7) is 5.76. The van der Waals surface area contributed by atoms with Gasteiger partial charge < -0.3 is 15.2 Å². The molecule has 8 nitrogen and oxygen atoms in total. The normalized spacial score (nSPS) is 12.6. The van der Waals surface area contributed by atoms with E-state index in [-0.39, 0.29) is 10.8 Å². The molecule has 0 saturated carbocycles. The van der Waals surface area contributed by atoms with Gasteiger partial charge in [0, 0.05) is 46.6 Å². The summed E-state index contributed by atoms with van der Waals surface area (Å²) in [5, 5.41) is 7.49. The van der Waals surface area contributed by atoms with Crippen molar-refractivity contribution in [2.75, 3.05) is 10.6 Å². The summed E-state index contributed by atoms with van der Waals surface area (Å²) in [5.41, 5.74) is 3.26. The first-order chi connectivity index (χ1) is 16.2. The van der Waals surface area contributed by atoms with Crippen molar-refractivity contribution in [2.45, 2.75) is 38.3 Å². The van der Waals surface area contributed by atoms with Crippen molar-refractivity contribution in [1.29, 1.82) is 0 Å². The van der Waals surface area contributed by atoms with Crippen LogP contribution in [0.15, 0.2) is 71.6 Å². The third kappa shape index (κ3) is 4.66. The summed E-state index contributed by atoms with van der Waals surface area (Å²) >= 11 is 0. The molecule has 176 valence electrons. The van der Waals surface area contributed by atoms with Crippen molar-refractivity contribution in [1.82, 2.24) is 9.29 Å². The predicted octanol–water partition coefficient (Wildman–Crippen LogP) is 4.08. The lowest BCUT2D eigenvalue weighted by molar-refractivity contribution is -0.117. The third-order valence-electron chi connectivity index (χ3n) is 5.57. The predicted molar refractivity (Wildman–Crippen MR) is 134 cm³/mol. The van der Waals surface area contributed by atoms with E-state index in [9.17, 15) is 18.0 Å². The van der Waals surface area contributed by atoms with Crippen LogP contribution < -0.4 is 15.4 Å². The maximum absolute atomic E-state index is 12.8. The summed E-state index contributed by atoms with van der Waals surface area (Å²) in [4.78, 5) is 23.9. The molecule has 9 heteroatoms. The van der Waals surface area contributed by atoms with Crippen LogP contribution in [0.25, 0.3) is 21.8 Å². The average Bonchev–Trinajstić information content (AvgIpc) is 3.11. The van der Waals surface area contributed by atoms with Crippen LogP contribution in [-0.4, -0.2) is 30.8 Å². The van der Waals surface area contributed by atoms with Crippen molar-refractivity contribution in [2.24, 2.45) is 0 Å². The first kappa shape index (κ1) is 23.5. The number of nitrogens with one attached hydrogen (secondary N) is 3. The Morgan fingerprint density at radius 1 is 0.882 bits per heavy atom. The summed E-state index contributed by atoms with van der Waals surface area (Å²) < 4.78 is 30.0. The lowest BCUT2D eigenvalue weighted by Gasteiger charge is -2.15. The molecule has 1 unspecified atom stereocenters. The average molecular weight is 479 g/mol. The van der Waals surface area contributed by atoms with Crippen molar-refractivity contribution in [3.63, 3.8) is 0 Å². The van der Waals surface area contributed by atoms with Gasteiger partial charge in [-0.1, -0.05) is 18.2 Å². The summed E-state index contributed by atoms with van der Waals surface area (Å²) in [6, 6.07) is 18.5. The Labute approximate surface area is 198 Å². The van der Waals surface area contributed by atoms with Gasteiger partial charge >= 0.3 is 0 Å². The minimum atomic E-state index is -3.93. The SMILES string of the molecule is CCn1c2ccccc2c2cc(NC(=O)C(C)NS(=O)(=O)c3ccc(NC(C)=O)cc3)ccc21. The van der Waals surface area contributed by atoms with E-state index in [0.29, 0.717) is 11.4 Å². The molecule has 0 radical (unpaired) electrons. The van der Waals surface area contributed by atoms with Crippen LogP contribution in [0.4, 0.5) is 11.4 Å². The fraction of sp³-hybridized carbons (Fsp3) is 0.200. The summed E-state index contributed by atoms with van der Waals surface area (Å²) in [6.07, 6.45) is 0. The molecule has 0 fully saturated rings. The fourth-order valence-corrected chi connectivity index (χ4v) is 5.20. The molecule has 1 atom stereocenters. The Hall–Kier alpha value is -3.69. The third-order valence-corrected chi connectivity index (χ3v) is 7.12. The number of amides is 2. The number of benzene rings is 3. The summed E-state index contributed by atoms with van der Waals surface area (Å²) in [5.74, 6) is -0.728. The second-order valence-corrected chi connectivity index (χ2v) is 9.75. The standard InChI is InChI=1S/C25H26N4O4S/c1-4-29-23-8-6-5-7-21(23)22-15-19(11-14-24(22)29)27-25(31)16(2)28-34(32,33)20-12-9-18(10-13-20)26-17(3)30/h5-16,28H,4H2,1-3H3,(H,26,30)(H,27,31). The summed E-state index contributed by atoms with van der Waals surface area (Å²) in [7, 11) is -3.93. The highest BCUT2D eigenvalue weighted by molar-refractivity contribution is 7.89. The number of rotatable bonds is 7. The molecule has 3 aromatic carbocycles. The van der Waals surface area contributed by atoms with Crippen LogP contribution in [0.1, 0.15) is 20.8 Å². The van der Waals surface area contributed by atoms with Gasteiger partial charge in [-0.05, 0) is 62.4 Å². The van der Waals surface area contributed by atoms with Crippen LogP contribution in [0.5, 0.6) is 0 Å². The second kappa shape index (κ2) is 9.28. The molecule has 4 rings (SSSR count). The van der Waals surface area contributed by atoms with Gasteiger partial charge in [0.05, 0.1) is 10.9 Å². The van der Waals surface area contributed by atoms with Gasteiger partial charge in [0.15, 0.2) is 0 Å². The molecule has 0 aliphatic heterocycles. The number of aromatic nitrogens is 1. The van der Waals surface area contributed by atoms with Gasteiger partial charge in [-0.2, -0.15) is 4.72 Å². The Balaban J connectivity index is 1.51. The van der Waals surface area contributed by atoms with Crippen LogP contribution in [-0.2, 0) is 26.2 Å². The number of hydrogen-bond acceptors (Lipinski definition) is 4. The van der Waals surface area contributed by atoms with E-state index in [4.69, 9.17) is 0 Å². The molecule has 2 amide bonds. The van der Waals surface area contributed by atoms with E-state index in [1.54, 1.807) is 0 Å². The largest absolute Gasteiger partial charge is 0.341 e. The van der Waals surface area contributed by atoms with Gasteiger partial charge in [0.25, 0.3) is 0 Å². The zero-order chi connectivity index (χ0) is 24.5. The molecule has 0 saturated heterocycles. The van der Waals surface area contributed by atoms with E-state index in [2.05, 4.69) is 32.9 Å². The maximum atomic E-state index is 12.8. The Morgan fingerprint density at radius 2 is 1.53 bits per heavy atom. The molecule has 0 aliphatic rings. The highest BCUT2D eigenvalue weighted by Gasteiger charge is 2.22. The zero-order valence-electron chi connectivity index (χ0n) is 19.1. The number of carbonyl (C=O) groups excluding carboxylic acids is 2. The highest BCUT2D eigenvalue weighted by Crippen LogP contribution is 2.31. The van der Waals surface area contributed by atoms with Crippen LogP contribution in [0.2, 0.25) is 0 Å². The van der Waals surface area contributed by atoms with Gasteiger partial charge in [-0.15, -0.1) is 0 Å². The number of aryl methyl sites for hydroxylation is 1. The number of carbonyl (C=O) groups is 2. The van der Waals surface area contributed by atoms with Crippen molar-refractivity contribution in [3.05, 3.63) is 66.7 Å². The molecule has 3 N–H and O–H groups in total. The lowest BCUT2D eigenvalue weighted by atomic mass is 10.1. The van der Waals surface area contributed by atoms with Crippen LogP contribution in [0.3, 0.4) is 0 Å². The quantitative estimate of drug-likeness (QED) is 0.372. The second-order valence-electron chi connectivity index (χ2n) is 8.03. The number of sulfonamides is 1. The molecule has 1 heterocycles. The number of fused-ring (bicyclic) bond motifs is 3. The van der Waals surface area contributed by atoms with Crippen molar-refractivity contribution in [3.8, 4) is 0 Å².